The largest absolute Gasteiger partial charge is 0.480 e. The van der Waals surface area contributed by atoms with Crippen molar-refractivity contribution in [3.05, 3.63) is 23.8 Å². The maximum Gasteiger partial charge on any atom is 0.323 e. The van der Waals surface area contributed by atoms with Crippen LogP contribution in [0, 0.1) is 6.92 Å². The molecule has 1 aromatic carbocycles. The van der Waals surface area contributed by atoms with Crippen molar-refractivity contribution in [1.29, 1.82) is 0 Å². The van der Waals surface area contributed by atoms with Gasteiger partial charge in [0.15, 0.2) is 0 Å². The molecule has 0 radical (unpaired) electrons. The van der Waals surface area contributed by atoms with Crippen molar-refractivity contribution < 1.29 is 9.90 Å². The zero-order chi connectivity index (χ0) is 12.4. The quantitative estimate of drug-likeness (QED) is 0.846. The van der Waals surface area contributed by atoms with E-state index in [0.717, 1.165) is 30.9 Å². The second-order valence-corrected chi connectivity index (χ2v) is 4.58. The molecule has 4 heteroatoms. The van der Waals surface area contributed by atoms with Crippen LogP contribution in [0.1, 0.15) is 12.0 Å². The molecule has 0 aliphatic carbocycles. The van der Waals surface area contributed by atoms with Gasteiger partial charge in [-0.25, -0.2) is 0 Å². The number of carboxylic acid groups (broad SMARTS) is 1. The minimum absolute atomic E-state index is 0.0733. The molecule has 0 spiro atoms. The summed E-state index contributed by atoms with van der Waals surface area (Å²) >= 11 is 0. The Morgan fingerprint density at radius 2 is 2.12 bits per heavy atom. The van der Waals surface area contributed by atoms with Crippen LogP contribution in [0.2, 0.25) is 0 Å². The fraction of sp³-hybridized carbons (Fsp3) is 0.462. The van der Waals surface area contributed by atoms with E-state index in [1.165, 1.54) is 5.56 Å². The highest BCUT2D eigenvalue weighted by atomic mass is 16.4. The van der Waals surface area contributed by atoms with E-state index in [0.29, 0.717) is 0 Å². The molecule has 17 heavy (non-hydrogen) atoms. The summed E-state index contributed by atoms with van der Waals surface area (Å²) in [6, 6.07) is 6.18. The lowest BCUT2D eigenvalue weighted by molar-refractivity contribution is -0.135. The van der Waals surface area contributed by atoms with E-state index in [-0.39, 0.29) is 6.54 Å². The summed E-state index contributed by atoms with van der Waals surface area (Å²) in [4.78, 5) is 15.0. The zero-order valence-electron chi connectivity index (χ0n) is 10.3. The van der Waals surface area contributed by atoms with Gasteiger partial charge >= 0.3 is 5.97 Å². The predicted molar refractivity (Wildman–Crippen MR) is 68.9 cm³/mol. The van der Waals surface area contributed by atoms with E-state index < -0.39 is 5.97 Å². The van der Waals surface area contributed by atoms with Gasteiger partial charge in [-0.15, -0.1) is 0 Å². The van der Waals surface area contributed by atoms with Gasteiger partial charge in [-0.05, 0) is 31.0 Å². The number of rotatable bonds is 2. The molecule has 0 aromatic heterocycles. The van der Waals surface area contributed by atoms with Crippen molar-refractivity contribution in [2.75, 3.05) is 36.5 Å². The number of hydrogen-bond donors (Lipinski definition) is 1. The summed E-state index contributed by atoms with van der Waals surface area (Å²) < 4.78 is 0. The molecule has 1 aromatic rings. The van der Waals surface area contributed by atoms with Crippen molar-refractivity contribution in [2.45, 2.75) is 13.3 Å². The molecular formula is C13H18N2O2. The van der Waals surface area contributed by atoms with Crippen LogP contribution in [0.5, 0.6) is 0 Å². The highest BCUT2D eigenvalue weighted by Crippen LogP contribution is 2.32. The first kappa shape index (κ1) is 11.8. The van der Waals surface area contributed by atoms with Crippen molar-refractivity contribution >= 4 is 17.3 Å². The number of carbonyl (C=O) groups is 1. The topological polar surface area (TPSA) is 43.8 Å². The lowest BCUT2D eigenvalue weighted by Crippen LogP contribution is -2.30. The van der Waals surface area contributed by atoms with E-state index in [2.05, 4.69) is 24.9 Å². The highest BCUT2D eigenvalue weighted by molar-refractivity contribution is 5.79. The van der Waals surface area contributed by atoms with Crippen LogP contribution in [-0.4, -0.2) is 37.8 Å². The van der Waals surface area contributed by atoms with E-state index in [1.807, 2.05) is 17.0 Å². The van der Waals surface area contributed by atoms with Gasteiger partial charge in [0.2, 0.25) is 0 Å². The number of aliphatic carboxylic acids is 1. The SMILES string of the molecule is Cc1ccc2c(c1)N(C)CCCN2CC(=O)O. The molecule has 0 unspecified atom stereocenters. The number of benzene rings is 1. The Hall–Kier alpha value is -1.71. The molecule has 4 nitrogen and oxygen atoms in total. The first-order chi connectivity index (χ1) is 8.08. The standard InChI is InChI=1S/C13H18N2O2/c1-10-4-5-11-12(8-10)14(2)6-3-7-15(11)9-13(16)17/h4-5,8H,3,6-7,9H2,1-2H3,(H,16,17). The minimum atomic E-state index is -0.777. The van der Waals surface area contributed by atoms with Crippen LogP contribution in [0.15, 0.2) is 18.2 Å². The van der Waals surface area contributed by atoms with E-state index in [1.54, 1.807) is 0 Å². The second kappa shape index (κ2) is 4.65. The third kappa shape index (κ3) is 2.52. The van der Waals surface area contributed by atoms with E-state index in [4.69, 9.17) is 5.11 Å². The first-order valence-electron chi connectivity index (χ1n) is 5.86. The average molecular weight is 234 g/mol. The summed E-state index contributed by atoms with van der Waals surface area (Å²) in [5.74, 6) is -0.777. The number of hydrogen-bond acceptors (Lipinski definition) is 3. The molecule has 0 saturated heterocycles. The van der Waals surface area contributed by atoms with Crippen LogP contribution in [0.3, 0.4) is 0 Å². The Morgan fingerprint density at radius 3 is 2.82 bits per heavy atom. The van der Waals surface area contributed by atoms with Crippen LogP contribution >= 0.6 is 0 Å². The van der Waals surface area contributed by atoms with Crippen molar-refractivity contribution in [2.24, 2.45) is 0 Å². The number of carboxylic acids is 1. The van der Waals surface area contributed by atoms with Gasteiger partial charge < -0.3 is 14.9 Å². The maximum absolute atomic E-state index is 10.9. The Labute approximate surface area is 101 Å². The molecular weight excluding hydrogens is 216 g/mol. The summed E-state index contributed by atoms with van der Waals surface area (Å²) in [7, 11) is 2.06. The monoisotopic (exact) mass is 234 g/mol. The van der Waals surface area contributed by atoms with Crippen LogP contribution in [0.4, 0.5) is 11.4 Å². The molecule has 0 fully saturated rings. The fourth-order valence-electron chi connectivity index (χ4n) is 2.27. The average Bonchev–Trinajstić information content (AvgIpc) is 2.39. The maximum atomic E-state index is 10.9. The van der Waals surface area contributed by atoms with Crippen LogP contribution in [0.25, 0.3) is 0 Å². The first-order valence-corrected chi connectivity index (χ1v) is 5.86. The fourth-order valence-corrected chi connectivity index (χ4v) is 2.27. The Balaban J connectivity index is 2.39. The lowest BCUT2D eigenvalue weighted by atomic mass is 10.1. The predicted octanol–water partition coefficient (Wildman–Crippen LogP) is 1.73. The molecule has 0 atom stereocenters. The Morgan fingerprint density at radius 1 is 1.35 bits per heavy atom. The lowest BCUT2D eigenvalue weighted by Gasteiger charge is -2.24. The normalized spacial score (nSPS) is 15.4. The van der Waals surface area contributed by atoms with Crippen LogP contribution < -0.4 is 9.80 Å². The van der Waals surface area contributed by atoms with Gasteiger partial charge in [0, 0.05) is 20.1 Å². The molecule has 1 heterocycles. The molecule has 0 bridgehead atoms. The number of fused-ring (bicyclic) bond motifs is 1. The van der Waals surface area contributed by atoms with Gasteiger partial charge in [-0.2, -0.15) is 0 Å². The van der Waals surface area contributed by atoms with Crippen LogP contribution in [-0.2, 0) is 4.79 Å². The summed E-state index contributed by atoms with van der Waals surface area (Å²) in [6.45, 7) is 3.89. The molecule has 1 aliphatic rings. The third-order valence-electron chi connectivity index (χ3n) is 3.13. The van der Waals surface area contributed by atoms with Gasteiger partial charge in [-0.3, -0.25) is 4.79 Å². The van der Waals surface area contributed by atoms with Crippen molar-refractivity contribution in [3.8, 4) is 0 Å². The molecule has 0 saturated carbocycles. The highest BCUT2D eigenvalue weighted by Gasteiger charge is 2.19. The molecule has 92 valence electrons. The summed E-state index contributed by atoms with van der Waals surface area (Å²) in [5, 5.41) is 8.95. The third-order valence-corrected chi connectivity index (χ3v) is 3.13. The van der Waals surface area contributed by atoms with E-state index >= 15 is 0 Å². The molecule has 1 aliphatic heterocycles. The Kier molecular flexibility index (Phi) is 3.22. The Bertz CT molecular complexity index is 431. The molecule has 0 amide bonds. The van der Waals surface area contributed by atoms with Crippen molar-refractivity contribution in [3.63, 3.8) is 0 Å². The molecule has 1 N–H and O–H groups in total. The molecule has 2 rings (SSSR count). The number of nitrogens with zero attached hydrogens (tertiary/aromatic N) is 2. The van der Waals surface area contributed by atoms with Gasteiger partial charge in [0.1, 0.15) is 6.54 Å². The summed E-state index contributed by atoms with van der Waals surface area (Å²) in [6.07, 6.45) is 0.984. The van der Waals surface area contributed by atoms with Gasteiger partial charge in [-0.1, -0.05) is 6.07 Å². The van der Waals surface area contributed by atoms with Crippen molar-refractivity contribution in [1.82, 2.24) is 0 Å². The van der Waals surface area contributed by atoms with E-state index in [9.17, 15) is 4.79 Å². The number of anilines is 2. The van der Waals surface area contributed by atoms with Gasteiger partial charge in [0.25, 0.3) is 0 Å². The number of aryl methyl sites for hydroxylation is 1. The minimum Gasteiger partial charge on any atom is -0.480 e. The smallest absolute Gasteiger partial charge is 0.323 e. The zero-order valence-corrected chi connectivity index (χ0v) is 10.3. The summed E-state index contributed by atoms with van der Waals surface area (Å²) in [5.41, 5.74) is 3.36. The second-order valence-electron chi connectivity index (χ2n) is 4.58. The van der Waals surface area contributed by atoms with Gasteiger partial charge in [0.05, 0.1) is 11.4 Å².